The Morgan fingerprint density at radius 1 is 0.973 bits per heavy atom. The van der Waals surface area contributed by atoms with Crippen LogP contribution in [0.1, 0.15) is 40.4 Å². The average Bonchev–Trinajstić information content (AvgIpc) is 3.58. The molecule has 0 aliphatic carbocycles. The SMILES string of the molecule is COc1cccc(C(=O)Nc2cccc(C3OC(=O)N(Cc4ccccc4)C3C(=O)N3CCCC3)c2)c1. The molecular weight excluding hydrogens is 470 g/mol. The largest absolute Gasteiger partial charge is 0.497 e. The number of hydrogen-bond donors (Lipinski definition) is 1. The standard InChI is InChI=1S/C29H29N3O5/c1-36-24-14-8-12-22(18-24)27(33)30-23-13-7-11-21(17-23)26-25(28(34)31-15-5-6-16-31)32(29(35)37-26)19-20-9-3-2-4-10-20/h2-4,7-14,17-18,25-26H,5-6,15-16,19H2,1H3,(H,30,33). The van der Waals surface area contributed by atoms with Crippen molar-refractivity contribution in [3.05, 3.63) is 95.6 Å². The van der Waals surface area contributed by atoms with Gasteiger partial charge >= 0.3 is 6.09 Å². The van der Waals surface area contributed by atoms with E-state index in [-0.39, 0.29) is 18.4 Å². The van der Waals surface area contributed by atoms with Crippen molar-refractivity contribution < 1.29 is 23.9 Å². The number of benzene rings is 3. The van der Waals surface area contributed by atoms with Crippen molar-refractivity contribution >= 4 is 23.6 Å². The van der Waals surface area contributed by atoms with Crippen LogP contribution in [0.5, 0.6) is 5.75 Å². The Hall–Kier alpha value is -4.33. The fourth-order valence-corrected chi connectivity index (χ4v) is 4.86. The molecule has 3 aromatic carbocycles. The zero-order chi connectivity index (χ0) is 25.8. The van der Waals surface area contributed by atoms with E-state index < -0.39 is 18.2 Å². The number of amides is 3. The van der Waals surface area contributed by atoms with Crippen molar-refractivity contribution in [2.45, 2.75) is 31.5 Å². The number of anilines is 1. The molecule has 8 heteroatoms. The Balaban J connectivity index is 1.41. The number of nitrogens with one attached hydrogen (secondary N) is 1. The molecule has 5 rings (SSSR count). The van der Waals surface area contributed by atoms with Gasteiger partial charge in [0.15, 0.2) is 12.1 Å². The number of nitrogens with zero attached hydrogens (tertiary/aromatic N) is 2. The van der Waals surface area contributed by atoms with Crippen LogP contribution in [0, 0.1) is 0 Å². The molecule has 37 heavy (non-hydrogen) atoms. The first-order valence-corrected chi connectivity index (χ1v) is 12.4. The van der Waals surface area contributed by atoms with Gasteiger partial charge in [0.1, 0.15) is 5.75 Å². The summed E-state index contributed by atoms with van der Waals surface area (Å²) in [6.45, 7) is 1.62. The third-order valence-corrected chi connectivity index (χ3v) is 6.76. The van der Waals surface area contributed by atoms with Crippen molar-refractivity contribution in [1.82, 2.24) is 9.80 Å². The summed E-state index contributed by atoms with van der Waals surface area (Å²) < 4.78 is 11.0. The van der Waals surface area contributed by atoms with E-state index in [0.29, 0.717) is 35.7 Å². The summed E-state index contributed by atoms with van der Waals surface area (Å²) in [6, 6.07) is 22.8. The van der Waals surface area contributed by atoms with Gasteiger partial charge in [0.05, 0.1) is 13.7 Å². The second-order valence-electron chi connectivity index (χ2n) is 9.21. The van der Waals surface area contributed by atoms with Crippen LogP contribution in [0.4, 0.5) is 10.5 Å². The zero-order valence-electron chi connectivity index (χ0n) is 20.6. The molecular formula is C29H29N3O5. The second-order valence-corrected chi connectivity index (χ2v) is 9.21. The van der Waals surface area contributed by atoms with Gasteiger partial charge in [0, 0.05) is 24.3 Å². The maximum atomic E-state index is 13.7. The first-order chi connectivity index (χ1) is 18.0. The van der Waals surface area contributed by atoms with Gasteiger partial charge in [-0.05, 0) is 54.3 Å². The molecule has 0 radical (unpaired) electrons. The molecule has 1 N–H and O–H groups in total. The van der Waals surface area contributed by atoms with E-state index in [1.54, 1.807) is 49.6 Å². The molecule has 0 aromatic heterocycles. The third-order valence-electron chi connectivity index (χ3n) is 6.76. The summed E-state index contributed by atoms with van der Waals surface area (Å²) in [5.74, 6) is 0.172. The van der Waals surface area contributed by atoms with Crippen LogP contribution in [0.3, 0.4) is 0 Å². The van der Waals surface area contributed by atoms with Crippen LogP contribution < -0.4 is 10.1 Å². The van der Waals surface area contributed by atoms with Gasteiger partial charge in [0.25, 0.3) is 5.91 Å². The van der Waals surface area contributed by atoms with Crippen LogP contribution in [-0.4, -0.2) is 53.9 Å². The molecule has 2 atom stereocenters. The van der Waals surface area contributed by atoms with E-state index in [1.165, 1.54) is 4.90 Å². The van der Waals surface area contributed by atoms with E-state index in [0.717, 1.165) is 18.4 Å². The lowest BCUT2D eigenvalue weighted by atomic mass is 9.99. The molecule has 0 bridgehead atoms. The number of cyclic esters (lactones) is 1. The lowest BCUT2D eigenvalue weighted by molar-refractivity contribution is -0.135. The highest BCUT2D eigenvalue weighted by molar-refractivity contribution is 6.04. The van der Waals surface area contributed by atoms with Gasteiger partial charge < -0.3 is 19.7 Å². The summed E-state index contributed by atoms with van der Waals surface area (Å²) in [5.41, 5.74) is 2.55. The normalized spacial score (nSPS) is 19.0. The molecule has 190 valence electrons. The van der Waals surface area contributed by atoms with Gasteiger partial charge in [0.2, 0.25) is 5.91 Å². The van der Waals surface area contributed by atoms with Crippen molar-refractivity contribution in [2.24, 2.45) is 0 Å². The van der Waals surface area contributed by atoms with Gasteiger partial charge in [-0.15, -0.1) is 0 Å². The van der Waals surface area contributed by atoms with E-state index in [4.69, 9.17) is 9.47 Å². The Morgan fingerprint density at radius 3 is 2.49 bits per heavy atom. The molecule has 0 saturated carbocycles. The Bertz CT molecular complexity index is 1290. The van der Waals surface area contributed by atoms with E-state index in [2.05, 4.69) is 5.32 Å². The monoisotopic (exact) mass is 499 g/mol. The number of rotatable bonds is 7. The first-order valence-electron chi connectivity index (χ1n) is 12.4. The fourth-order valence-electron chi connectivity index (χ4n) is 4.86. The molecule has 2 fully saturated rings. The van der Waals surface area contributed by atoms with Crippen LogP contribution in [-0.2, 0) is 16.1 Å². The minimum Gasteiger partial charge on any atom is -0.497 e. The molecule has 8 nitrogen and oxygen atoms in total. The van der Waals surface area contributed by atoms with Crippen molar-refractivity contribution in [1.29, 1.82) is 0 Å². The molecule has 2 heterocycles. The van der Waals surface area contributed by atoms with Crippen LogP contribution in [0.15, 0.2) is 78.9 Å². The van der Waals surface area contributed by atoms with Crippen molar-refractivity contribution in [3.63, 3.8) is 0 Å². The molecule has 2 aliphatic rings. The first kappa shape index (κ1) is 24.4. The Labute approximate surface area is 215 Å². The number of carbonyl (C=O) groups is 3. The minimum absolute atomic E-state index is 0.116. The highest BCUT2D eigenvalue weighted by Crippen LogP contribution is 2.36. The molecule has 2 aliphatic heterocycles. The maximum absolute atomic E-state index is 13.7. The summed E-state index contributed by atoms with van der Waals surface area (Å²) in [4.78, 5) is 42.9. The van der Waals surface area contributed by atoms with Gasteiger partial charge in [-0.25, -0.2) is 4.79 Å². The van der Waals surface area contributed by atoms with Crippen LogP contribution in [0.25, 0.3) is 0 Å². The maximum Gasteiger partial charge on any atom is 0.411 e. The predicted molar refractivity (Wildman–Crippen MR) is 138 cm³/mol. The van der Waals surface area contributed by atoms with Gasteiger partial charge in [-0.1, -0.05) is 48.5 Å². The van der Waals surface area contributed by atoms with Crippen LogP contribution in [0.2, 0.25) is 0 Å². The summed E-state index contributed by atoms with van der Waals surface area (Å²) >= 11 is 0. The molecule has 2 saturated heterocycles. The highest BCUT2D eigenvalue weighted by atomic mass is 16.6. The molecule has 3 amide bonds. The summed E-state index contributed by atoms with van der Waals surface area (Å²) in [7, 11) is 1.55. The number of carbonyl (C=O) groups excluding carboxylic acids is 3. The summed E-state index contributed by atoms with van der Waals surface area (Å²) in [6.07, 6.45) is 0.570. The lowest BCUT2D eigenvalue weighted by Crippen LogP contribution is -2.47. The highest BCUT2D eigenvalue weighted by Gasteiger charge is 2.48. The number of likely N-dealkylation sites (tertiary alicyclic amines) is 1. The van der Waals surface area contributed by atoms with Gasteiger partial charge in [-0.3, -0.25) is 14.5 Å². The quantitative estimate of drug-likeness (QED) is 0.512. The molecule has 0 spiro atoms. The van der Waals surface area contributed by atoms with E-state index in [1.807, 2.05) is 41.3 Å². The smallest absolute Gasteiger partial charge is 0.411 e. The lowest BCUT2D eigenvalue weighted by Gasteiger charge is -2.28. The summed E-state index contributed by atoms with van der Waals surface area (Å²) in [5, 5.41) is 2.89. The van der Waals surface area contributed by atoms with E-state index in [9.17, 15) is 14.4 Å². The topological polar surface area (TPSA) is 88.2 Å². The number of methoxy groups -OCH3 is 1. The Kier molecular flexibility index (Phi) is 7.07. The van der Waals surface area contributed by atoms with Crippen molar-refractivity contribution in [2.75, 3.05) is 25.5 Å². The van der Waals surface area contributed by atoms with Gasteiger partial charge in [-0.2, -0.15) is 0 Å². The van der Waals surface area contributed by atoms with E-state index >= 15 is 0 Å². The Morgan fingerprint density at radius 2 is 1.73 bits per heavy atom. The number of hydrogen-bond acceptors (Lipinski definition) is 5. The zero-order valence-corrected chi connectivity index (χ0v) is 20.6. The van der Waals surface area contributed by atoms with Crippen LogP contribution >= 0.6 is 0 Å². The second kappa shape index (κ2) is 10.7. The third kappa shape index (κ3) is 5.28. The predicted octanol–water partition coefficient (Wildman–Crippen LogP) is 4.63. The fraction of sp³-hybridized carbons (Fsp3) is 0.276. The minimum atomic E-state index is -0.796. The average molecular weight is 500 g/mol. The molecule has 3 aromatic rings. The van der Waals surface area contributed by atoms with Crippen molar-refractivity contribution in [3.8, 4) is 5.75 Å². The number of ether oxygens (including phenoxy) is 2. The molecule has 2 unspecified atom stereocenters.